The third kappa shape index (κ3) is 6.67. The molecule has 1 unspecified atom stereocenters. The van der Waals surface area contributed by atoms with Gasteiger partial charge in [-0.05, 0) is 38.1 Å². The van der Waals surface area contributed by atoms with Crippen molar-refractivity contribution >= 4 is 23.5 Å². The number of carbonyl (C=O) groups is 3. The molecule has 0 spiro atoms. The molecule has 0 aliphatic heterocycles. The van der Waals surface area contributed by atoms with Crippen LogP contribution in [-0.4, -0.2) is 30.9 Å². The molecule has 0 saturated heterocycles. The summed E-state index contributed by atoms with van der Waals surface area (Å²) >= 11 is 0. The van der Waals surface area contributed by atoms with Gasteiger partial charge in [0.15, 0.2) is 0 Å². The molecule has 7 heteroatoms. The van der Waals surface area contributed by atoms with Crippen molar-refractivity contribution in [3.63, 3.8) is 0 Å². The van der Waals surface area contributed by atoms with Crippen molar-refractivity contribution in [2.45, 2.75) is 20.0 Å². The van der Waals surface area contributed by atoms with Crippen LogP contribution in [0, 0.1) is 6.92 Å². The molecule has 0 fully saturated rings. The van der Waals surface area contributed by atoms with Crippen LogP contribution in [-0.2, 0) is 14.3 Å². The molecule has 3 aromatic carbocycles. The van der Waals surface area contributed by atoms with E-state index in [4.69, 9.17) is 9.47 Å². The van der Waals surface area contributed by atoms with Gasteiger partial charge in [-0.3, -0.25) is 14.4 Å². The van der Waals surface area contributed by atoms with Crippen molar-refractivity contribution in [1.82, 2.24) is 5.32 Å². The predicted octanol–water partition coefficient (Wildman–Crippen LogP) is 4.05. The lowest BCUT2D eigenvalue weighted by atomic mass is 10.1. The van der Waals surface area contributed by atoms with Crippen molar-refractivity contribution in [2.24, 2.45) is 0 Å². The number of rotatable bonds is 9. The zero-order chi connectivity index (χ0) is 23.6. The van der Waals surface area contributed by atoms with Gasteiger partial charge >= 0.3 is 5.97 Å². The number of hydrogen-bond donors (Lipinski definition) is 2. The number of benzene rings is 3. The van der Waals surface area contributed by atoms with Crippen LogP contribution in [0.15, 0.2) is 78.9 Å². The lowest BCUT2D eigenvalue weighted by molar-refractivity contribution is -0.153. The molecule has 0 aromatic heterocycles. The SMILES string of the molecule is CCOc1ccccc1C(=O)NCC(=O)OC(C(=O)Nc1ccc(C)cc1)c1ccccc1. The van der Waals surface area contributed by atoms with Gasteiger partial charge in [0.2, 0.25) is 6.10 Å². The monoisotopic (exact) mass is 446 g/mol. The number of anilines is 1. The summed E-state index contributed by atoms with van der Waals surface area (Å²) in [6, 6.07) is 22.7. The minimum Gasteiger partial charge on any atom is -0.493 e. The number of hydrogen-bond acceptors (Lipinski definition) is 5. The van der Waals surface area contributed by atoms with Gasteiger partial charge < -0.3 is 20.1 Å². The summed E-state index contributed by atoms with van der Waals surface area (Å²) in [5.74, 6) is -1.29. The number of para-hydroxylation sites is 1. The Balaban J connectivity index is 1.67. The Morgan fingerprint density at radius 3 is 2.24 bits per heavy atom. The molecule has 33 heavy (non-hydrogen) atoms. The smallest absolute Gasteiger partial charge is 0.326 e. The van der Waals surface area contributed by atoms with Gasteiger partial charge in [-0.2, -0.15) is 0 Å². The van der Waals surface area contributed by atoms with Crippen LogP contribution < -0.4 is 15.4 Å². The summed E-state index contributed by atoms with van der Waals surface area (Å²) in [5, 5.41) is 5.29. The third-order valence-corrected chi connectivity index (χ3v) is 4.73. The van der Waals surface area contributed by atoms with Crippen molar-refractivity contribution in [3.05, 3.63) is 95.6 Å². The second-order valence-corrected chi connectivity index (χ2v) is 7.25. The maximum absolute atomic E-state index is 12.9. The predicted molar refractivity (Wildman–Crippen MR) is 125 cm³/mol. The van der Waals surface area contributed by atoms with Crippen molar-refractivity contribution < 1.29 is 23.9 Å². The summed E-state index contributed by atoms with van der Waals surface area (Å²) in [6.07, 6.45) is -1.17. The Labute approximate surface area is 192 Å². The van der Waals surface area contributed by atoms with Crippen LogP contribution in [0.2, 0.25) is 0 Å². The molecule has 3 rings (SSSR count). The van der Waals surface area contributed by atoms with Gasteiger partial charge in [-0.15, -0.1) is 0 Å². The molecule has 7 nitrogen and oxygen atoms in total. The maximum Gasteiger partial charge on any atom is 0.326 e. The lowest BCUT2D eigenvalue weighted by Gasteiger charge is -2.18. The highest BCUT2D eigenvalue weighted by Gasteiger charge is 2.25. The summed E-state index contributed by atoms with van der Waals surface area (Å²) in [4.78, 5) is 38.0. The van der Waals surface area contributed by atoms with Gasteiger partial charge in [0, 0.05) is 11.3 Å². The fourth-order valence-electron chi connectivity index (χ4n) is 3.10. The van der Waals surface area contributed by atoms with Gasteiger partial charge in [-0.25, -0.2) is 0 Å². The summed E-state index contributed by atoms with van der Waals surface area (Å²) < 4.78 is 10.9. The first-order valence-corrected chi connectivity index (χ1v) is 10.6. The van der Waals surface area contributed by atoms with E-state index in [0.717, 1.165) is 5.56 Å². The van der Waals surface area contributed by atoms with Gasteiger partial charge in [0.1, 0.15) is 12.3 Å². The second-order valence-electron chi connectivity index (χ2n) is 7.25. The zero-order valence-electron chi connectivity index (χ0n) is 18.5. The van der Waals surface area contributed by atoms with Crippen LogP contribution in [0.4, 0.5) is 5.69 Å². The Morgan fingerprint density at radius 2 is 1.55 bits per heavy atom. The molecule has 0 saturated carbocycles. The zero-order valence-corrected chi connectivity index (χ0v) is 18.5. The molecule has 0 bridgehead atoms. The van der Waals surface area contributed by atoms with E-state index in [9.17, 15) is 14.4 Å². The fourth-order valence-corrected chi connectivity index (χ4v) is 3.10. The number of ether oxygens (including phenoxy) is 2. The molecule has 2 amide bonds. The van der Waals surface area contributed by atoms with Crippen LogP contribution in [0.3, 0.4) is 0 Å². The Hall–Kier alpha value is -4.13. The summed E-state index contributed by atoms with van der Waals surface area (Å²) in [7, 11) is 0. The van der Waals surface area contributed by atoms with Crippen molar-refractivity contribution in [3.8, 4) is 5.75 Å². The number of amides is 2. The number of nitrogens with one attached hydrogen (secondary N) is 2. The van der Waals surface area contributed by atoms with E-state index in [1.807, 2.05) is 26.0 Å². The lowest BCUT2D eigenvalue weighted by Crippen LogP contribution is -2.33. The first kappa shape index (κ1) is 23.5. The normalized spacial score (nSPS) is 11.2. The quantitative estimate of drug-likeness (QED) is 0.484. The van der Waals surface area contributed by atoms with Crippen LogP contribution in [0.1, 0.15) is 34.5 Å². The molecule has 0 aliphatic rings. The van der Waals surface area contributed by atoms with Crippen LogP contribution in [0.25, 0.3) is 0 Å². The molecular weight excluding hydrogens is 420 g/mol. The standard InChI is InChI=1S/C26H26N2O5/c1-3-32-22-12-8-7-11-21(22)25(30)27-17-23(29)33-24(19-9-5-4-6-10-19)26(31)28-20-15-13-18(2)14-16-20/h4-16,24H,3,17H2,1-2H3,(H,27,30)(H,28,31). The molecule has 1 atom stereocenters. The maximum atomic E-state index is 12.9. The van der Waals surface area contributed by atoms with Gasteiger partial charge in [0.05, 0.1) is 12.2 Å². The van der Waals surface area contributed by atoms with Crippen LogP contribution in [0.5, 0.6) is 5.75 Å². The fraction of sp³-hybridized carbons (Fsp3) is 0.192. The van der Waals surface area contributed by atoms with E-state index in [1.165, 1.54) is 0 Å². The highest BCUT2D eigenvalue weighted by molar-refractivity contribution is 5.99. The van der Waals surface area contributed by atoms with Gasteiger partial charge in [-0.1, -0.05) is 60.2 Å². The van der Waals surface area contributed by atoms with E-state index in [0.29, 0.717) is 29.2 Å². The molecular formula is C26H26N2O5. The third-order valence-electron chi connectivity index (χ3n) is 4.73. The largest absolute Gasteiger partial charge is 0.493 e. The molecule has 170 valence electrons. The van der Waals surface area contributed by atoms with E-state index in [-0.39, 0.29) is 0 Å². The van der Waals surface area contributed by atoms with E-state index in [2.05, 4.69) is 10.6 Å². The topological polar surface area (TPSA) is 93.7 Å². The highest BCUT2D eigenvalue weighted by Crippen LogP contribution is 2.21. The Morgan fingerprint density at radius 1 is 0.879 bits per heavy atom. The highest BCUT2D eigenvalue weighted by atomic mass is 16.5. The van der Waals surface area contributed by atoms with E-state index >= 15 is 0 Å². The molecule has 0 radical (unpaired) electrons. The summed E-state index contributed by atoms with van der Waals surface area (Å²) in [5.41, 5.74) is 2.47. The van der Waals surface area contributed by atoms with E-state index < -0.39 is 30.4 Å². The first-order valence-electron chi connectivity index (χ1n) is 10.6. The van der Waals surface area contributed by atoms with Crippen molar-refractivity contribution in [1.29, 1.82) is 0 Å². The van der Waals surface area contributed by atoms with Crippen LogP contribution >= 0.6 is 0 Å². The van der Waals surface area contributed by atoms with Crippen molar-refractivity contribution in [2.75, 3.05) is 18.5 Å². The average Bonchev–Trinajstić information content (AvgIpc) is 2.83. The molecule has 0 heterocycles. The minimum absolute atomic E-state index is 0.309. The number of aryl methyl sites for hydroxylation is 1. The molecule has 0 aliphatic carbocycles. The first-order chi connectivity index (χ1) is 16.0. The number of carbonyl (C=O) groups excluding carboxylic acids is 3. The minimum atomic E-state index is -1.17. The Kier molecular flexibility index (Phi) is 8.18. The Bertz CT molecular complexity index is 1100. The van der Waals surface area contributed by atoms with E-state index in [1.54, 1.807) is 66.7 Å². The second kappa shape index (κ2) is 11.5. The average molecular weight is 447 g/mol. The molecule has 3 aromatic rings. The summed E-state index contributed by atoms with van der Waals surface area (Å²) in [6.45, 7) is 3.76. The van der Waals surface area contributed by atoms with Gasteiger partial charge in [0.25, 0.3) is 11.8 Å². The number of esters is 1. The molecule has 2 N–H and O–H groups in total.